The molecular weight excluding hydrogens is 321 g/mol. The van der Waals surface area contributed by atoms with Crippen molar-refractivity contribution in [3.63, 3.8) is 0 Å². The van der Waals surface area contributed by atoms with Gasteiger partial charge in [0, 0.05) is 11.6 Å². The molecular formula is C19H24FN3O2. The lowest BCUT2D eigenvalue weighted by Crippen LogP contribution is -2.52. The highest BCUT2D eigenvalue weighted by Crippen LogP contribution is 2.42. The number of halogens is 1. The molecule has 25 heavy (non-hydrogen) atoms. The van der Waals surface area contributed by atoms with Gasteiger partial charge >= 0.3 is 0 Å². The molecule has 2 atom stereocenters. The normalized spacial score (nSPS) is 21.4. The van der Waals surface area contributed by atoms with Crippen LogP contribution in [-0.2, 0) is 6.42 Å². The number of aliphatic hydroxyl groups excluding tert-OH is 1. The van der Waals surface area contributed by atoms with Crippen LogP contribution in [0.25, 0.3) is 0 Å². The van der Waals surface area contributed by atoms with Crippen LogP contribution in [0.15, 0.2) is 36.4 Å². The molecule has 134 valence electrons. The van der Waals surface area contributed by atoms with Crippen molar-refractivity contribution in [3.05, 3.63) is 53.3 Å². The Kier molecular flexibility index (Phi) is 4.58. The molecule has 0 fully saturated rings. The van der Waals surface area contributed by atoms with Crippen LogP contribution in [0.5, 0.6) is 5.75 Å². The molecule has 6 heteroatoms. The first-order valence-electron chi connectivity index (χ1n) is 8.32. The van der Waals surface area contributed by atoms with Crippen LogP contribution in [0.4, 0.5) is 15.8 Å². The fraction of sp³-hybridized carbons (Fsp3) is 0.368. The molecule has 0 amide bonds. The van der Waals surface area contributed by atoms with Gasteiger partial charge in [-0.25, -0.2) is 4.39 Å². The van der Waals surface area contributed by atoms with Gasteiger partial charge in [-0.1, -0.05) is 12.1 Å². The van der Waals surface area contributed by atoms with Gasteiger partial charge in [-0.2, -0.15) is 0 Å². The van der Waals surface area contributed by atoms with Gasteiger partial charge in [-0.15, -0.1) is 0 Å². The van der Waals surface area contributed by atoms with Crippen LogP contribution in [0.2, 0.25) is 0 Å². The molecule has 1 aliphatic rings. The van der Waals surface area contributed by atoms with E-state index in [1.54, 1.807) is 24.3 Å². The van der Waals surface area contributed by atoms with Gasteiger partial charge in [0.25, 0.3) is 0 Å². The second-order valence-corrected chi connectivity index (χ2v) is 6.98. The minimum absolute atomic E-state index is 0.250. The zero-order chi connectivity index (χ0) is 18.2. The maximum Gasteiger partial charge on any atom is 0.131 e. The fourth-order valence-electron chi connectivity index (χ4n) is 3.12. The van der Waals surface area contributed by atoms with E-state index in [0.29, 0.717) is 30.1 Å². The predicted octanol–water partition coefficient (Wildman–Crippen LogP) is 2.40. The average Bonchev–Trinajstić information content (AvgIpc) is 2.55. The maximum atomic E-state index is 13.0. The molecule has 0 aromatic heterocycles. The highest BCUT2D eigenvalue weighted by atomic mass is 19.1. The topological polar surface area (TPSA) is 93.5 Å². The summed E-state index contributed by atoms with van der Waals surface area (Å²) in [5, 5.41) is 14.1. The molecule has 0 bridgehead atoms. The van der Waals surface area contributed by atoms with E-state index in [1.165, 1.54) is 12.1 Å². The van der Waals surface area contributed by atoms with Gasteiger partial charge in [-0.3, -0.25) is 0 Å². The van der Waals surface area contributed by atoms with E-state index in [0.717, 1.165) is 11.1 Å². The van der Waals surface area contributed by atoms with E-state index < -0.39 is 11.7 Å². The molecule has 3 rings (SSSR count). The standard InChI is InChI=1S/C19H24FN3O2/c1-19(2)18(24)17(13-9-14(21)15(22)10-16(13)25-19)23-8-7-11-3-5-12(20)6-4-11/h3-6,9-10,17-18,23-24H,7-8,21-22H2,1-2H3. The summed E-state index contributed by atoms with van der Waals surface area (Å²) < 4.78 is 18.9. The molecule has 1 heterocycles. The number of nitrogens with two attached hydrogens (primary N) is 2. The lowest BCUT2D eigenvalue weighted by Gasteiger charge is -2.42. The van der Waals surface area contributed by atoms with Crippen LogP contribution in [0, 0.1) is 5.82 Å². The van der Waals surface area contributed by atoms with Crippen LogP contribution in [-0.4, -0.2) is 23.4 Å². The molecule has 0 spiro atoms. The lowest BCUT2D eigenvalue weighted by molar-refractivity contribution is -0.0643. The fourth-order valence-corrected chi connectivity index (χ4v) is 3.12. The average molecular weight is 345 g/mol. The summed E-state index contributed by atoms with van der Waals surface area (Å²) in [6.45, 7) is 4.29. The summed E-state index contributed by atoms with van der Waals surface area (Å²) >= 11 is 0. The van der Waals surface area contributed by atoms with E-state index in [4.69, 9.17) is 16.2 Å². The van der Waals surface area contributed by atoms with E-state index in [-0.39, 0.29) is 11.9 Å². The number of ether oxygens (including phenoxy) is 1. The predicted molar refractivity (Wildman–Crippen MR) is 96.8 cm³/mol. The highest BCUT2D eigenvalue weighted by Gasteiger charge is 2.42. The molecule has 1 aliphatic heterocycles. The first kappa shape index (κ1) is 17.5. The van der Waals surface area contributed by atoms with Crippen molar-refractivity contribution < 1.29 is 14.2 Å². The zero-order valence-corrected chi connectivity index (χ0v) is 14.4. The number of fused-ring (bicyclic) bond motifs is 1. The molecule has 6 N–H and O–H groups in total. The van der Waals surface area contributed by atoms with Gasteiger partial charge in [0.15, 0.2) is 0 Å². The maximum absolute atomic E-state index is 13.0. The number of hydrogen-bond donors (Lipinski definition) is 4. The van der Waals surface area contributed by atoms with Gasteiger partial charge in [0.05, 0.1) is 17.4 Å². The third-order valence-corrected chi connectivity index (χ3v) is 4.64. The minimum atomic E-state index is -0.761. The number of hydrogen-bond acceptors (Lipinski definition) is 5. The Balaban J connectivity index is 1.79. The second-order valence-electron chi connectivity index (χ2n) is 6.98. The SMILES string of the molecule is CC1(C)Oc2cc(N)c(N)cc2C(NCCc2ccc(F)cc2)C1O. The summed E-state index contributed by atoms with van der Waals surface area (Å²) in [6, 6.07) is 9.52. The van der Waals surface area contributed by atoms with Crippen LogP contribution < -0.4 is 21.5 Å². The van der Waals surface area contributed by atoms with Crippen molar-refractivity contribution in [2.75, 3.05) is 18.0 Å². The summed E-state index contributed by atoms with van der Waals surface area (Å²) in [4.78, 5) is 0. The van der Waals surface area contributed by atoms with E-state index in [2.05, 4.69) is 5.32 Å². The van der Waals surface area contributed by atoms with Gasteiger partial charge in [0.1, 0.15) is 23.3 Å². The van der Waals surface area contributed by atoms with E-state index in [1.807, 2.05) is 13.8 Å². The first-order valence-corrected chi connectivity index (χ1v) is 8.32. The van der Waals surface area contributed by atoms with Crippen molar-refractivity contribution in [2.45, 2.75) is 38.0 Å². The van der Waals surface area contributed by atoms with Crippen molar-refractivity contribution >= 4 is 11.4 Å². The summed E-state index contributed by atoms with van der Waals surface area (Å²) in [5.41, 5.74) is 13.8. The summed E-state index contributed by atoms with van der Waals surface area (Å²) in [5.74, 6) is 0.376. The third kappa shape index (κ3) is 3.55. The number of nitrogens with one attached hydrogen (secondary N) is 1. The van der Waals surface area contributed by atoms with Gasteiger partial charge < -0.3 is 26.6 Å². The Morgan fingerprint density at radius 1 is 1.16 bits per heavy atom. The second kappa shape index (κ2) is 6.54. The Labute approximate surface area is 146 Å². The molecule has 5 nitrogen and oxygen atoms in total. The minimum Gasteiger partial charge on any atom is -0.485 e. The summed E-state index contributed by atoms with van der Waals surface area (Å²) in [6.07, 6.45) is -0.0406. The Morgan fingerprint density at radius 2 is 1.80 bits per heavy atom. The van der Waals surface area contributed by atoms with E-state index in [9.17, 15) is 9.50 Å². The monoisotopic (exact) mass is 345 g/mol. The van der Waals surface area contributed by atoms with Crippen molar-refractivity contribution in [2.24, 2.45) is 0 Å². The molecule has 2 unspecified atom stereocenters. The molecule has 2 aromatic carbocycles. The Morgan fingerprint density at radius 3 is 2.48 bits per heavy atom. The van der Waals surface area contributed by atoms with Crippen molar-refractivity contribution in [1.29, 1.82) is 0 Å². The van der Waals surface area contributed by atoms with Gasteiger partial charge in [0.2, 0.25) is 0 Å². The van der Waals surface area contributed by atoms with Crippen LogP contribution in [0.1, 0.15) is 31.0 Å². The molecule has 0 aliphatic carbocycles. The number of rotatable bonds is 4. The lowest BCUT2D eigenvalue weighted by atomic mass is 9.86. The summed E-state index contributed by atoms with van der Waals surface area (Å²) in [7, 11) is 0. The van der Waals surface area contributed by atoms with Crippen LogP contribution >= 0.6 is 0 Å². The zero-order valence-electron chi connectivity index (χ0n) is 14.4. The number of nitrogen functional groups attached to an aromatic ring is 2. The number of benzene rings is 2. The number of aliphatic hydroxyl groups is 1. The quantitative estimate of drug-likeness (QED) is 0.639. The van der Waals surface area contributed by atoms with Crippen molar-refractivity contribution in [3.8, 4) is 5.75 Å². The smallest absolute Gasteiger partial charge is 0.131 e. The number of anilines is 2. The van der Waals surface area contributed by atoms with Crippen LogP contribution in [0.3, 0.4) is 0 Å². The molecule has 0 radical (unpaired) electrons. The molecule has 0 saturated carbocycles. The largest absolute Gasteiger partial charge is 0.485 e. The molecule has 2 aromatic rings. The highest BCUT2D eigenvalue weighted by molar-refractivity contribution is 5.68. The third-order valence-electron chi connectivity index (χ3n) is 4.64. The molecule has 0 saturated heterocycles. The van der Waals surface area contributed by atoms with E-state index >= 15 is 0 Å². The Bertz CT molecular complexity index is 762. The first-order chi connectivity index (χ1) is 11.8. The van der Waals surface area contributed by atoms with Gasteiger partial charge in [-0.05, 0) is 50.6 Å². The Hall–Kier alpha value is -2.31. The van der Waals surface area contributed by atoms with Crippen molar-refractivity contribution in [1.82, 2.24) is 5.32 Å².